The number of nitrogens with one attached hydrogen (secondary N) is 2. The van der Waals surface area contributed by atoms with Crippen molar-refractivity contribution in [2.75, 3.05) is 20.1 Å². The number of likely N-dealkylation sites (N-methyl/N-ethyl adjacent to an activating group) is 1. The Kier molecular flexibility index (Phi) is 5.60. The van der Waals surface area contributed by atoms with Gasteiger partial charge in [0.25, 0.3) is 0 Å². The number of amidine groups is 1. The fourth-order valence-corrected chi connectivity index (χ4v) is 0.593. The third-order valence-electron chi connectivity index (χ3n) is 1.22. The molecule has 0 atom stereocenters. The van der Waals surface area contributed by atoms with Crippen LogP contribution in [0.4, 0.5) is 0 Å². The first kappa shape index (κ1) is 10.6. The number of hydrogen-bond acceptors (Lipinski definition) is 4. The van der Waals surface area contributed by atoms with Gasteiger partial charge in [-0.25, -0.2) is 0 Å². The van der Waals surface area contributed by atoms with Crippen LogP contribution in [0.25, 0.3) is 0 Å². The van der Waals surface area contributed by atoms with Crippen LogP contribution in [0.2, 0.25) is 0 Å². The molecule has 0 radical (unpaired) electrons. The SMILES string of the molecule is CCN/N=C(\C=N)N(C)CC=O. The molecule has 0 saturated heterocycles. The number of hydrazone groups is 1. The highest BCUT2D eigenvalue weighted by Gasteiger charge is 2.00. The first-order valence-corrected chi connectivity index (χ1v) is 3.72. The fourth-order valence-electron chi connectivity index (χ4n) is 0.593. The van der Waals surface area contributed by atoms with Gasteiger partial charge in [0.15, 0.2) is 5.84 Å². The van der Waals surface area contributed by atoms with E-state index in [2.05, 4.69) is 10.5 Å². The zero-order valence-electron chi connectivity index (χ0n) is 7.37. The third kappa shape index (κ3) is 3.70. The molecule has 68 valence electrons. The highest BCUT2D eigenvalue weighted by atomic mass is 16.1. The maximum atomic E-state index is 10.1. The van der Waals surface area contributed by atoms with Crippen LogP contribution >= 0.6 is 0 Å². The molecule has 0 saturated carbocycles. The van der Waals surface area contributed by atoms with E-state index in [1.807, 2.05) is 6.92 Å². The van der Waals surface area contributed by atoms with Crippen LogP contribution in [0.5, 0.6) is 0 Å². The second-order valence-electron chi connectivity index (χ2n) is 2.17. The van der Waals surface area contributed by atoms with Crippen LogP contribution in [0.15, 0.2) is 5.10 Å². The molecule has 5 nitrogen and oxygen atoms in total. The van der Waals surface area contributed by atoms with Gasteiger partial charge in [0.2, 0.25) is 0 Å². The molecule has 0 aromatic rings. The van der Waals surface area contributed by atoms with Crippen molar-refractivity contribution < 1.29 is 4.79 Å². The van der Waals surface area contributed by atoms with Crippen molar-refractivity contribution in [3.63, 3.8) is 0 Å². The van der Waals surface area contributed by atoms with Gasteiger partial charge in [0.1, 0.15) is 6.29 Å². The monoisotopic (exact) mass is 170 g/mol. The van der Waals surface area contributed by atoms with E-state index < -0.39 is 0 Å². The van der Waals surface area contributed by atoms with Gasteiger partial charge in [0.05, 0.1) is 12.8 Å². The largest absolute Gasteiger partial charge is 0.350 e. The predicted molar refractivity (Wildman–Crippen MR) is 48.6 cm³/mol. The Bertz CT molecular complexity index is 178. The molecule has 2 N–H and O–H groups in total. The minimum Gasteiger partial charge on any atom is -0.350 e. The average Bonchev–Trinajstić information content (AvgIpc) is 2.06. The lowest BCUT2D eigenvalue weighted by Crippen LogP contribution is -2.31. The second-order valence-corrected chi connectivity index (χ2v) is 2.17. The van der Waals surface area contributed by atoms with Crippen molar-refractivity contribution >= 4 is 18.3 Å². The van der Waals surface area contributed by atoms with Gasteiger partial charge >= 0.3 is 0 Å². The van der Waals surface area contributed by atoms with Gasteiger partial charge in [-0.3, -0.25) is 0 Å². The second kappa shape index (κ2) is 6.33. The van der Waals surface area contributed by atoms with Crippen molar-refractivity contribution in [1.29, 1.82) is 5.41 Å². The quantitative estimate of drug-likeness (QED) is 0.257. The summed E-state index contributed by atoms with van der Waals surface area (Å²) in [5, 5.41) is 10.9. The molecular weight excluding hydrogens is 156 g/mol. The highest BCUT2D eigenvalue weighted by Crippen LogP contribution is 1.81. The lowest BCUT2D eigenvalue weighted by molar-refractivity contribution is -0.108. The van der Waals surface area contributed by atoms with Crippen molar-refractivity contribution in [2.24, 2.45) is 5.10 Å². The Morgan fingerprint density at radius 2 is 2.42 bits per heavy atom. The summed E-state index contributed by atoms with van der Waals surface area (Å²) in [4.78, 5) is 11.7. The van der Waals surface area contributed by atoms with Crippen molar-refractivity contribution in [3.8, 4) is 0 Å². The maximum absolute atomic E-state index is 10.1. The van der Waals surface area contributed by atoms with Gasteiger partial charge in [-0.05, 0) is 6.92 Å². The van der Waals surface area contributed by atoms with Gasteiger partial charge in [-0.15, -0.1) is 0 Å². The molecule has 0 aromatic carbocycles. The van der Waals surface area contributed by atoms with E-state index in [0.29, 0.717) is 12.4 Å². The number of nitrogens with zero attached hydrogens (tertiary/aromatic N) is 2. The normalized spacial score (nSPS) is 10.7. The summed E-state index contributed by atoms with van der Waals surface area (Å²) in [5.41, 5.74) is 2.72. The smallest absolute Gasteiger partial charge is 0.166 e. The summed E-state index contributed by atoms with van der Waals surface area (Å²) < 4.78 is 0. The molecule has 0 bridgehead atoms. The molecule has 0 aliphatic rings. The maximum Gasteiger partial charge on any atom is 0.166 e. The van der Waals surface area contributed by atoms with Gasteiger partial charge in [-0.2, -0.15) is 5.10 Å². The summed E-state index contributed by atoms with van der Waals surface area (Å²) in [6.07, 6.45) is 1.87. The summed E-state index contributed by atoms with van der Waals surface area (Å²) >= 11 is 0. The standard InChI is InChI=1S/C7H14N4O/c1-3-9-10-7(6-8)11(2)4-5-12/h5-6,8-9H,3-4H2,1-2H3/b8-6?,10-7+. The molecule has 0 aliphatic heterocycles. The number of carbonyl (C=O) groups is 1. The molecule has 5 heteroatoms. The Morgan fingerprint density at radius 1 is 1.75 bits per heavy atom. The fraction of sp³-hybridized carbons (Fsp3) is 0.571. The number of rotatable bonds is 5. The lowest BCUT2D eigenvalue weighted by atomic mass is 10.5. The number of hydrogen-bond donors (Lipinski definition) is 2. The van der Waals surface area contributed by atoms with E-state index in [9.17, 15) is 4.79 Å². The molecule has 0 unspecified atom stereocenters. The van der Waals surface area contributed by atoms with Crippen LogP contribution in [-0.2, 0) is 4.79 Å². The van der Waals surface area contributed by atoms with Crippen LogP contribution < -0.4 is 5.43 Å². The number of aldehydes is 1. The van der Waals surface area contributed by atoms with E-state index >= 15 is 0 Å². The molecule has 0 aromatic heterocycles. The van der Waals surface area contributed by atoms with E-state index in [0.717, 1.165) is 12.5 Å². The molecule has 12 heavy (non-hydrogen) atoms. The Hall–Kier alpha value is -1.39. The van der Waals surface area contributed by atoms with Crippen LogP contribution in [0, 0.1) is 5.41 Å². The Morgan fingerprint density at radius 3 is 2.83 bits per heavy atom. The van der Waals surface area contributed by atoms with Crippen LogP contribution in [0.1, 0.15) is 6.92 Å². The van der Waals surface area contributed by atoms with Crippen molar-refractivity contribution in [2.45, 2.75) is 6.92 Å². The summed E-state index contributed by atoms with van der Waals surface area (Å²) in [6, 6.07) is 0. The van der Waals surface area contributed by atoms with E-state index in [-0.39, 0.29) is 6.54 Å². The Labute approximate surface area is 72.0 Å². The van der Waals surface area contributed by atoms with Crippen LogP contribution in [0.3, 0.4) is 0 Å². The summed E-state index contributed by atoms with van der Waals surface area (Å²) in [6.45, 7) is 2.86. The third-order valence-corrected chi connectivity index (χ3v) is 1.22. The van der Waals surface area contributed by atoms with Gasteiger partial charge in [0, 0.05) is 13.6 Å². The molecule has 0 rings (SSSR count). The summed E-state index contributed by atoms with van der Waals surface area (Å²) in [7, 11) is 1.70. The molecule has 0 heterocycles. The molecule has 0 spiro atoms. The minimum atomic E-state index is 0.250. The van der Waals surface area contributed by atoms with Crippen molar-refractivity contribution in [1.82, 2.24) is 10.3 Å². The van der Waals surface area contributed by atoms with E-state index in [1.165, 1.54) is 0 Å². The average molecular weight is 170 g/mol. The first-order chi connectivity index (χ1) is 5.76. The van der Waals surface area contributed by atoms with E-state index in [1.54, 1.807) is 11.9 Å². The van der Waals surface area contributed by atoms with Gasteiger partial charge in [-0.1, -0.05) is 0 Å². The Balaban J connectivity index is 4.11. The molecular formula is C7H14N4O. The first-order valence-electron chi connectivity index (χ1n) is 3.72. The van der Waals surface area contributed by atoms with Gasteiger partial charge < -0.3 is 20.5 Å². The van der Waals surface area contributed by atoms with Crippen LogP contribution in [-0.4, -0.2) is 43.4 Å². The zero-order chi connectivity index (χ0) is 9.40. The minimum absolute atomic E-state index is 0.250. The molecule has 0 amide bonds. The lowest BCUT2D eigenvalue weighted by Gasteiger charge is -2.14. The topological polar surface area (TPSA) is 68.6 Å². The molecule has 0 fully saturated rings. The number of carbonyl (C=O) groups excluding carboxylic acids is 1. The summed E-state index contributed by atoms with van der Waals surface area (Å²) in [5.74, 6) is 0.448. The zero-order valence-corrected chi connectivity index (χ0v) is 7.37. The predicted octanol–water partition coefficient (Wildman–Crippen LogP) is -0.310. The van der Waals surface area contributed by atoms with E-state index in [4.69, 9.17) is 5.41 Å². The molecule has 0 aliphatic carbocycles. The van der Waals surface area contributed by atoms with Crippen molar-refractivity contribution in [3.05, 3.63) is 0 Å². The highest BCUT2D eigenvalue weighted by molar-refractivity contribution is 6.28.